The zero-order chi connectivity index (χ0) is 25.8. The van der Waals surface area contributed by atoms with Gasteiger partial charge in [-0.15, -0.1) is 0 Å². The predicted molar refractivity (Wildman–Crippen MR) is 116 cm³/mol. The number of hydrogen-bond acceptors (Lipinski definition) is 7. The van der Waals surface area contributed by atoms with Crippen LogP contribution in [-0.2, 0) is 35.2 Å². The summed E-state index contributed by atoms with van der Waals surface area (Å²) in [6.07, 6.45) is -1.85. The lowest BCUT2D eigenvalue weighted by atomic mass is 10.0. The maximum Gasteiger partial charge on any atom is 0.326 e. The Bertz CT molecular complexity index is 905. The summed E-state index contributed by atoms with van der Waals surface area (Å²) in [4.78, 5) is 71.0. The van der Waals surface area contributed by atoms with E-state index in [1.165, 1.54) is 6.92 Å². The van der Waals surface area contributed by atoms with Crippen LogP contribution in [0.1, 0.15) is 31.7 Å². The highest BCUT2D eigenvalue weighted by atomic mass is 16.4. The Morgan fingerprint density at radius 1 is 0.794 bits per heavy atom. The zero-order valence-corrected chi connectivity index (χ0v) is 18.4. The molecular weight excluding hydrogens is 452 g/mol. The van der Waals surface area contributed by atoms with Gasteiger partial charge in [0.05, 0.1) is 12.5 Å². The molecule has 0 spiro atoms. The van der Waals surface area contributed by atoms with Gasteiger partial charge in [0.15, 0.2) is 0 Å². The molecule has 3 amide bonds. The Labute approximate surface area is 194 Å². The van der Waals surface area contributed by atoms with Gasteiger partial charge in [-0.3, -0.25) is 24.0 Å². The van der Waals surface area contributed by atoms with Crippen molar-refractivity contribution in [3.05, 3.63) is 35.9 Å². The summed E-state index contributed by atoms with van der Waals surface area (Å²) in [5, 5.41) is 34.1. The SMILES string of the molecule is CC(N)C(=O)NC(CCC(=O)O)C(=O)NC(CC(=O)O)C(=O)NC(Cc1ccccc1)C(=O)O. The van der Waals surface area contributed by atoms with Crippen molar-refractivity contribution in [1.29, 1.82) is 0 Å². The highest BCUT2D eigenvalue weighted by Gasteiger charge is 2.31. The summed E-state index contributed by atoms with van der Waals surface area (Å²) >= 11 is 0. The van der Waals surface area contributed by atoms with Crippen LogP contribution in [0.3, 0.4) is 0 Å². The molecule has 186 valence electrons. The third-order valence-corrected chi connectivity index (χ3v) is 4.60. The quantitative estimate of drug-likeness (QED) is 0.162. The van der Waals surface area contributed by atoms with Crippen molar-refractivity contribution in [2.75, 3.05) is 0 Å². The fourth-order valence-corrected chi connectivity index (χ4v) is 2.82. The molecule has 4 atom stereocenters. The van der Waals surface area contributed by atoms with E-state index in [-0.39, 0.29) is 12.8 Å². The van der Waals surface area contributed by atoms with Gasteiger partial charge in [0, 0.05) is 12.8 Å². The average molecular weight is 480 g/mol. The third kappa shape index (κ3) is 10.1. The normalized spacial score (nSPS) is 14.1. The smallest absolute Gasteiger partial charge is 0.326 e. The molecule has 13 heteroatoms. The van der Waals surface area contributed by atoms with Crippen LogP contribution in [0.25, 0.3) is 0 Å². The second-order valence-corrected chi connectivity index (χ2v) is 7.53. The molecule has 1 aromatic rings. The minimum atomic E-state index is -1.69. The molecule has 0 heterocycles. The Hall–Kier alpha value is -4.00. The van der Waals surface area contributed by atoms with Crippen LogP contribution >= 0.6 is 0 Å². The molecule has 0 bridgehead atoms. The number of nitrogens with one attached hydrogen (secondary N) is 3. The number of carboxylic acids is 3. The minimum absolute atomic E-state index is 0.0959. The van der Waals surface area contributed by atoms with Crippen LogP contribution in [0.2, 0.25) is 0 Å². The van der Waals surface area contributed by atoms with Crippen molar-refractivity contribution in [3.8, 4) is 0 Å². The first-order valence-electron chi connectivity index (χ1n) is 10.3. The standard InChI is InChI=1S/C21H28N4O9/c1-11(22)18(30)23-13(7-8-16(26)27)19(31)24-14(10-17(28)29)20(32)25-15(21(33)34)9-12-5-3-2-4-6-12/h2-6,11,13-15H,7-10,22H2,1H3,(H,23,30)(H,24,31)(H,25,32)(H,26,27)(H,28,29)(H,33,34). The second kappa shape index (κ2) is 13.5. The maximum atomic E-state index is 12.7. The van der Waals surface area contributed by atoms with E-state index < -0.39 is 72.6 Å². The molecule has 0 saturated heterocycles. The van der Waals surface area contributed by atoms with Crippen molar-refractivity contribution in [1.82, 2.24) is 16.0 Å². The van der Waals surface area contributed by atoms with Gasteiger partial charge in [-0.2, -0.15) is 0 Å². The molecule has 1 aromatic carbocycles. The summed E-state index contributed by atoms with van der Waals surface area (Å²) in [5.74, 6) is -6.95. The molecule has 0 fully saturated rings. The van der Waals surface area contributed by atoms with Gasteiger partial charge in [-0.05, 0) is 18.9 Å². The van der Waals surface area contributed by atoms with Crippen molar-refractivity contribution < 1.29 is 44.1 Å². The zero-order valence-electron chi connectivity index (χ0n) is 18.4. The van der Waals surface area contributed by atoms with Gasteiger partial charge >= 0.3 is 17.9 Å². The van der Waals surface area contributed by atoms with Crippen LogP contribution in [0.15, 0.2) is 30.3 Å². The number of carbonyl (C=O) groups is 6. The molecule has 0 aromatic heterocycles. The van der Waals surface area contributed by atoms with Crippen LogP contribution < -0.4 is 21.7 Å². The maximum absolute atomic E-state index is 12.7. The van der Waals surface area contributed by atoms with Crippen molar-refractivity contribution in [2.45, 2.75) is 56.8 Å². The number of nitrogens with two attached hydrogens (primary N) is 1. The minimum Gasteiger partial charge on any atom is -0.481 e. The molecule has 34 heavy (non-hydrogen) atoms. The molecule has 0 aliphatic carbocycles. The van der Waals surface area contributed by atoms with Crippen LogP contribution in [0, 0.1) is 0 Å². The predicted octanol–water partition coefficient (Wildman–Crippen LogP) is -1.55. The van der Waals surface area contributed by atoms with Gasteiger partial charge in [0.1, 0.15) is 18.1 Å². The van der Waals surface area contributed by atoms with Crippen LogP contribution in [-0.4, -0.2) is 75.1 Å². The lowest BCUT2D eigenvalue weighted by Crippen LogP contribution is -2.57. The topological polar surface area (TPSA) is 225 Å². The van der Waals surface area contributed by atoms with Crippen LogP contribution in [0.5, 0.6) is 0 Å². The molecule has 0 aliphatic rings. The fourth-order valence-electron chi connectivity index (χ4n) is 2.82. The molecule has 8 N–H and O–H groups in total. The summed E-state index contributed by atoms with van der Waals surface area (Å²) < 4.78 is 0. The van der Waals surface area contributed by atoms with Gasteiger partial charge in [-0.1, -0.05) is 30.3 Å². The van der Waals surface area contributed by atoms with E-state index in [0.29, 0.717) is 5.56 Å². The average Bonchev–Trinajstić information content (AvgIpc) is 2.75. The number of amides is 3. The van der Waals surface area contributed by atoms with Crippen molar-refractivity contribution in [3.63, 3.8) is 0 Å². The lowest BCUT2D eigenvalue weighted by Gasteiger charge is -2.24. The number of carbonyl (C=O) groups excluding carboxylic acids is 3. The van der Waals surface area contributed by atoms with Crippen molar-refractivity contribution >= 4 is 35.6 Å². The number of benzene rings is 1. The van der Waals surface area contributed by atoms with Crippen LogP contribution in [0.4, 0.5) is 0 Å². The van der Waals surface area contributed by atoms with E-state index in [4.69, 9.17) is 15.9 Å². The molecule has 0 radical (unpaired) electrons. The first kappa shape index (κ1) is 28.0. The Morgan fingerprint density at radius 2 is 1.32 bits per heavy atom. The van der Waals surface area contributed by atoms with Gasteiger partial charge in [0.25, 0.3) is 0 Å². The first-order valence-corrected chi connectivity index (χ1v) is 10.3. The van der Waals surface area contributed by atoms with Gasteiger partial charge < -0.3 is 37.0 Å². The Balaban J connectivity index is 3.00. The van der Waals surface area contributed by atoms with E-state index in [2.05, 4.69) is 16.0 Å². The largest absolute Gasteiger partial charge is 0.481 e. The Kier molecular flexibility index (Phi) is 11.2. The molecule has 0 saturated carbocycles. The second-order valence-electron chi connectivity index (χ2n) is 7.53. The van der Waals surface area contributed by atoms with E-state index in [1.54, 1.807) is 30.3 Å². The molecule has 0 aliphatic heterocycles. The van der Waals surface area contributed by atoms with E-state index in [0.717, 1.165) is 0 Å². The number of carboxylic acid groups (broad SMARTS) is 3. The highest BCUT2D eigenvalue weighted by Crippen LogP contribution is 2.06. The summed E-state index contributed by atoms with van der Waals surface area (Å²) in [5.41, 5.74) is 6.04. The molecule has 4 unspecified atom stereocenters. The van der Waals surface area contributed by atoms with Gasteiger partial charge in [-0.25, -0.2) is 4.79 Å². The molecule has 1 rings (SSSR count). The van der Waals surface area contributed by atoms with E-state index >= 15 is 0 Å². The lowest BCUT2D eigenvalue weighted by molar-refractivity contribution is -0.143. The first-order chi connectivity index (χ1) is 15.9. The Morgan fingerprint density at radius 3 is 1.82 bits per heavy atom. The number of hydrogen-bond donors (Lipinski definition) is 7. The van der Waals surface area contributed by atoms with Gasteiger partial charge in [0.2, 0.25) is 17.7 Å². The fraction of sp³-hybridized carbons (Fsp3) is 0.429. The summed E-state index contributed by atoms with van der Waals surface area (Å²) in [6.45, 7) is 1.33. The molecular formula is C21H28N4O9. The van der Waals surface area contributed by atoms with E-state index in [9.17, 15) is 33.9 Å². The summed E-state index contributed by atoms with van der Waals surface area (Å²) in [7, 11) is 0. The summed E-state index contributed by atoms with van der Waals surface area (Å²) in [6, 6.07) is 2.83. The monoisotopic (exact) mass is 480 g/mol. The van der Waals surface area contributed by atoms with Crippen molar-refractivity contribution in [2.24, 2.45) is 5.73 Å². The highest BCUT2D eigenvalue weighted by molar-refractivity contribution is 5.95. The number of aliphatic carboxylic acids is 3. The molecule has 13 nitrogen and oxygen atoms in total. The third-order valence-electron chi connectivity index (χ3n) is 4.60. The number of rotatable bonds is 14. The van der Waals surface area contributed by atoms with E-state index in [1.807, 2.05) is 0 Å².